The molecule has 1 N–H and O–H groups in total. The number of anilines is 2. The number of nitrogens with one attached hydrogen (secondary N) is 1. The minimum Gasteiger partial charge on any atom is -0.452 e. The summed E-state index contributed by atoms with van der Waals surface area (Å²) in [6.45, 7) is 0.0875. The van der Waals surface area contributed by atoms with Gasteiger partial charge in [0.05, 0.1) is 16.9 Å². The smallest absolute Gasteiger partial charge is 0.339 e. The van der Waals surface area contributed by atoms with Gasteiger partial charge in [-0.25, -0.2) is 9.18 Å². The average molecular weight is 435 g/mol. The normalized spacial score (nSPS) is 13.6. The van der Waals surface area contributed by atoms with Crippen molar-refractivity contribution in [2.24, 2.45) is 0 Å². The van der Waals surface area contributed by atoms with Gasteiger partial charge in [0, 0.05) is 17.4 Å². The monoisotopic (exact) mass is 434 g/mol. The molecule has 1 fully saturated rings. The molecule has 8 heteroatoms. The van der Waals surface area contributed by atoms with E-state index < -0.39 is 24.3 Å². The van der Waals surface area contributed by atoms with Crippen molar-refractivity contribution in [2.45, 2.75) is 12.8 Å². The number of halogens is 2. The molecule has 0 radical (unpaired) electrons. The molecule has 0 bridgehead atoms. The third kappa shape index (κ3) is 4.51. The fraction of sp³-hybridized carbons (Fsp3) is 0.211. The van der Waals surface area contributed by atoms with Gasteiger partial charge in [-0.2, -0.15) is 0 Å². The molecular weight excluding hydrogens is 419 g/mol. The third-order valence-electron chi connectivity index (χ3n) is 4.03. The lowest BCUT2D eigenvalue weighted by molar-refractivity contribution is -0.119. The molecule has 3 rings (SSSR count). The van der Waals surface area contributed by atoms with Crippen LogP contribution in [0.15, 0.2) is 46.9 Å². The molecule has 0 saturated carbocycles. The van der Waals surface area contributed by atoms with E-state index in [0.29, 0.717) is 24.3 Å². The van der Waals surface area contributed by atoms with Gasteiger partial charge in [-0.05, 0) is 52.7 Å². The van der Waals surface area contributed by atoms with Crippen LogP contribution < -0.4 is 10.2 Å². The van der Waals surface area contributed by atoms with Crippen LogP contribution in [0.5, 0.6) is 0 Å². The summed E-state index contributed by atoms with van der Waals surface area (Å²) in [6.07, 6.45) is 1.25. The molecular formula is C19H16BrFN2O4. The number of carbonyl (C=O) groups is 3. The van der Waals surface area contributed by atoms with Crippen molar-refractivity contribution in [3.63, 3.8) is 0 Å². The van der Waals surface area contributed by atoms with Gasteiger partial charge in [-0.3, -0.25) is 9.59 Å². The number of para-hydroxylation sites is 2. The Morgan fingerprint density at radius 3 is 2.70 bits per heavy atom. The Morgan fingerprint density at radius 1 is 1.22 bits per heavy atom. The summed E-state index contributed by atoms with van der Waals surface area (Å²) < 4.78 is 18.3. The molecule has 0 aromatic heterocycles. The molecule has 0 atom stereocenters. The van der Waals surface area contributed by atoms with Gasteiger partial charge in [0.25, 0.3) is 5.91 Å². The zero-order valence-electron chi connectivity index (χ0n) is 14.2. The van der Waals surface area contributed by atoms with Crippen molar-refractivity contribution < 1.29 is 23.5 Å². The number of ether oxygens (including phenoxy) is 1. The van der Waals surface area contributed by atoms with Crippen molar-refractivity contribution in [1.29, 1.82) is 0 Å². The standard InChI is InChI=1S/C19H16BrFN2O4/c20-14-10-12(21)7-8-13(14)19(26)27-11-17(24)22-15-4-1-2-5-16(15)23-9-3-6-18(23)25/h1-2,4-5,7-8,10H,3,6,9,11H2,(H,22,24). The second-order valence-electron chi connectivity index (χ2n) is 5.91. The lowest BCUT2D eigenvalue weighted by atomic mass is 10.2. The first-order chi connectivity index (χ1) is 13.0. The van der Waals surface area contributed by atoms with Crippen molar-refractivity contribution >= 4 is 45.1 Å². The highest BCUT2D eigenvalue weighted by Crippen LogP contribution is 2.29. The lowest BCUT2D eigenvalue weighted by Gasteiger charge is -2.19. The predicted molar refractivity (Wildman–Crippen MR) is 101 cm³/mol. The van der Waals surface area contributed by atoms with Gasteiger partial charge in [-0.15, -0.1) is 0 Å². The highest BCUT2D eigenvalue weighted by atomic mass is 79.9. The van der Waals surface area contributed by atoms with E-state index in [-0.39, 0.29) is 15.9 Å². The number of benzene rings is 2. The number of hydrogen-bond donors (Lipinski definition) is 1. The number of hydrogen-bond acceptors (Lipinski definition) is 4. The SMILES string of the molecule is O=C(COC(=O)c1ccc(F)cc1Br)Nc1ccccc1N1CCCC1=O. The van der Waals surface area contributed by atoms with Crippen LogP contribution in [-0.4, -0.2) is 30.9 Å². The van der Waals surface area contributed by atoms with E-state index >= 15 is 0 Å². The molecule has 2 amide bonds. The number of esters is 1. The van der Waals surface area contributed by atoms with Crippen LogP contribution in [0.1, 0.15) is 23.2 Å². The summed E-state index contributed by atoms with van der Waals surface area (Å²) in [5, 5.41) is 2.66. The molecule has 140 valence electrons. The molecule has 2 aromatic rings. The summed E-state index contributed by atoms with van der Waals surface area (Å²) in [4.78, 5) is 37.8. The second kappa shape index (κ2) is 8.30. The van der Waals surface area contributed by atoms with Crippen LogP contribution >= 0.6 is 15.9 Å². The highest BCUT2D eigenvalue weighted by molar-refractivity contribution is 9.10. The lowest BCUT2D eigenvalue weighted by Crippen LogP contribution is -2.27. The van der Waals surface area contributed by atoms with Crippen LogP contribution in [-0.2, 0) is 14.3 Å². The summed E-state index contributed by atoms with van der Waals surface area (Å²) in [6, 6.07) is 10.5. The fourth-order valence-electron chi connectivity index (χ4n) is 2.77. The van der Waals surface area contributed by atoms with Gasteiger partial charge < -0.3 is 15.0 Å². The molecule has 6 nitrogen and oxygen atoms in total. The van der Waals surface area contributed by atoms with E-state index in [9.17, 15) is 18.8 Å². The first-order valence-corrected chi connectivity index (χ1v) is 9.06. The minimum atomic E-state index is -0.750. The van der Waals surface area contributed by atoms with Gasteiger partial charge in [0.2, 0.25) is 5.91 Å². The molecule has 1 aliphatic rings. The maximum absolute atomic E-state index is 13.1. The predicted octanol–water partition coefficient (Wildman–Crippen LogP) is 3.51. The Labute approximate surface area is 163 Å². The first kappa shape index (κ1) is 19.0. The molecule has 1 saturated heterocycles. The van der Waals surface area contributed by atoms with Gasteiger partial charge in [-0.1, -0.05) is 12.1 Å². The van der Waals surface area contributed by atoms with Crippen molar-refractivity contribution in [2.75, 3.05) is 23.4 Å². The van der Waals surface area contributed by atoms with E-state index in [2.05, 4.69) is 21.2 Å². The number of rotatable bonds is 5. The summed E-state index contributed by atoms with van der Waals surface area (Å²) >= 11 is 3.08. The van der Waals surface area contributed by atoms with Crippen LogP contribution in [0, 0.1) is 5.82 Å². The molecule has 0 aliphatic carbocycles. The molecule has 27 heavy (non-hydrogen) atoms. The van der Waals surface area contributed by atoms with Crippen molar-refractivity contribution in [3.05, 3.63) is 58.3 Å². The van der Waals surface area contributed by atoms with Crippen molar-refractivity contribution in [3.8, 4) is 0 Å². The Bertz CT molecular complexity index is 903. The quantitative estimate of drug-likeness (QED) is 0.730. The molecule has 0 unspecified atom stereocenters. The zero-order chi connectivity index (χ0) is 19.4. The number of amides is 2. The molecule has 2 aromatic carbocycles. The van der Waals surface area contributed by atoms with Gasteiger partial charge in [0.1, 0.15) is 5.82 Å². The maximum atomic E-state index is 13.1. The fourth-order valence-corrected chi connectivity index (χ4v) is 3.28. The number of carbonyl (C=O) groups excluding carboxylic acids is 3. The maximum Gasteiger partial charge on any atom is 0.339 e. The first-order valence-electron chi connectivity index (χ1n) is 8.27. The largest absolute Gasteiger partial charge is 0.452 e. The summed E-state index contributed by atoms with van der Waals surface area (Å²) in [5.41, 5.74) is 1.20. The van der Waals surface area contributed by atoms with E-state index in [1.54, 1.807) is 29.2 Å². The van der Waals surface area contributed by atoms with Gasteiger partial charge in [0.15, 0.2) is 6.61 Å². The Kier molecular flexibility index (Phi) is 5.85. The van der Waals surface area contributed by atoms with Crippen LogP contribution in [0.4, 0.5) is 15.8 Å². The van der Waals surface area contributed by atoms with Crippen LogP contribution in [0.3, 0.4) is 0 Å². The number of nitrogens with zero attached hydrogens (tertiary/aromatic N) is 1. The summed E-state index contributed by atoms with van der Waals surface area (Å²) in [5.74, 6) is -1.78. The van der Waals surface area contributed by atoms with E-state index in [1.807, 2.05) is 0 Å². The topological polar surface area (TPSA) is 75.7 Å². The molecule has 1 aliphatic heterocycles. The van der Waals surface area contributed by atoms with E-state index in [1.165, 1.54) is 6.07 Å². The Hall–Kier alpha value is -2.74. The third-order valence-corrected chi connectivity index (χ3v) is 4.68. The van der Waals surface area contributed by atoms with Crippen molar-refractivity contribution in [1.82, 2.24) is 0 Å². The summed E-state index contributed by atoms with van der Waals surface area (Å²) in [7, 11) is 0. The minimum absolute atomic E-state index is 0.00397. The van der Waals surface area contributed by atoms with Crippen LogP contribution in [0.2, 0.25) is 0 Å². The Morgan fingerprint density at radius 2 is 2.00 bits per heavy atom. The van der Waals surface area contributed by atoms with Crippen LogP contribution in [0.25, 0.3) is 0 Å². The average Bonchev–Trinajstić information content (AvgIpc) is 3.06. The van der Waals surface area contributed by atoms with E-state index in [0.717, 1.165) is 18.6 Å². The molecule has 0 spiro atoms. The Balaban J connectivity index is 1.63. The van der Waals surface area contributed by atoms with Gasteiger partial charge >= 0.3 is 5.97 Å². The zero-order valence-corrected chi connectivity index (χ0v) is 15.8. The van der Waals surface area contributed by atoms with E-state index in [4.69, 9.17) is 4.74 Å². The second-order valence-corrected chi connectivity index (χ2v) is 6.77. The highest BCUT2D eigenvalue weighted by Gasteiger charge is 2.24. The molecule has 1 heterocycles.